The minimum Gasteiger partial charge on any atom is -0.466 e. The van der Waals surface area contributed by atoms with E-state index in [0.29, 0.717) is 37.7 Å². The molecule has 0 unspecified atom stereocenters. The lowest BCUT2D eigenvalue weighted by Crippen LogP contribution is -2.64. The molecule has 1 heterocycles. The smallest absolute Gasteiger partial charge is 0.333 e. The molecule has 7 heteroatoms. The molecule has 1 aliphatic heterocycles. The Labute approximate surface area is 234 Å². The Morgan fingerprint density at radius 3 is 2.44 bits per heavy atom. The second-order valence-corrected chi connectivity index (χ2v) is 13.7. The SMILES string of the molecule is COC(=O)/C(CCC=C(C)C)=C1\[C@@H](OC(C)=O)C[C@@]2(C)[C@H]1C[C@@H](O)[C@H]1[C@@]3(C)CCC(=O)N[C@@H](C)[C@@H]3CC[C@@]12C. The Balaban J connectivity index is 1.85. The normalized spacial score (nSPS) is 42.6. The standard InChI is InChI=1S/C32H49NO6/c1-18(2)10-9-11-21(29(37)38-8)27-23-16-24(35)28-30(5)14-13-26(36)33-19(3)22(30)12-15-31(28,6)32(23,7)17-25(27)39-20(4)34/h10,19,22-25,28,35H,9,11-17H2,1-8H3,(H,33,36)/b27-21-/t19-,22-,23-,24+,25-,28-,30-,31-,32-/m0/s1. The van der Waals surface area contributed by atoms with Gasteiger partial charge in [-0.1, -0.05) is 32.4 Å². The summed E-state index contributed by atoms with van der Waals surface area (Å²) in [6.45, 7) is 14.5. The van der Waals surface area contributed by atoms with E-state index in [9.17, 15) is 19.5 Å². The van der Waals surface area contributed by atoms with Crippen molar-refractivity contribution in [3.63, 3.8) is 0 Å². The summed E-state index contributed by atoms with van der Waals surface area (Å²) in [5.41, 5.74) is 1.83. The number of rotatable bonds is 5. The average molecular weight is 544 g/mol. The number of amides is 1. The van der Waals surface area contributed by atoms with E-state index in [-0.39, 0.29) is 57.9 Å². The lowest BCUT2D eigenvalue weighted by atomic mass is 9.38. The summed E-state index contributed by atoms with van der Waals surface area (Å²) in [7, 11) is 1.40. The fraction of sp³-hybridized carbons (Fsp3) is 0.781. The lowest BCUT2D eigenvalue weighted by molar-refractivity contribution is -0.214. The largest absolute Gasteiger partial charge is 0.466 e. The van der Waals surface area contributed by atoms with Gasteiger partial charge in [0.15, 0.2) is 0 Å². The molecule has 0 aromatic carbocycles. The number of aliphatic hydroxyl groups excluding tert-OH is 1. The number of nitrogens with one attached hydrogen (secondary N) is 1. The third-order valence-electron chi connectivity index (χ3n) is 11.4. The van der Waals surface area contributed by atoms with Crippen LogP contribution in [0.2, 0.25) is 0 Å². The molecular weight excluding hydrogens is 494 g/mol. The minimum absolute atomic E-state index is 0.00951. The zero-order chi connectivity index (χ0) is 28.9. The van der Waals surface area contributed by atoms with Gasteiger partial charge in [0.25, 0.3) is 0 Å². The van der Waals surface area contributed by atoms with Crippen molar-refractivity contribution in [2.24, 2.45) is 34.0 Å². The number of methoxy groups -OCH3 is 1. The number of carbonyl (C=O) groups is 3. The van der Waals surface area contributed by atoms with Crippen molar-refractivity contribution in [3.8, 4) is 0 Å². The van der Waals surface area contributed by atoms with Crippen molar-refractivity contribution in [2.75, 3.05) is 7.11 Å². The topological polar surface area (TPSA) is 102 Å². The second-order valence-electron chi connectivity index (χ2n) is 13.7. The van der Waals surface area contributed by atoms with Crippen molar-refractivity contribution in [1.82, 2.24) is 5.32 Å². The van der Waals surface area contributed by atoms with Crippen LogP contribution < -0.4 is 5.32 Å². The van der Waals surface area contributed by atoms with Gasteiger partial charge in [-0.2, -0.15) is 0 Å². The summed E-state index contributed by atoms with van der Waals surface area (Å²) in [5, 5.41) is 15.2. The van der Waals surface area contributed by atoms with E-state index in [1.807, 2.05) is 13.8 Å². The summed E-state index contributed by atoms with van der Waals surface area (Å²) in [5.74, 6) is -0.491. The summed E-state index contributed by atoms with van der Waals surface area (Å²) < 4.78 is 11.2. The fourth-order valence-corrected chi connectivity index (χ4v) is 9.68. The van der Waals surface area contributed by atoms with E-state index >= 15 is 0 Å². The molecule has 0 bridgehead atoms. The predicted octanol–water partition coefficient (Wildman–Crippen LogP) is 5.26. The van der Waals surface area contributed by atoms with Crippen molar-refractivity contribution >= 4 is 17.8 Å². The first-order chi connectivity index (χ1) is 18.2. The molecule has 3 saturated carbocycles. The van der Waals surface area contributed by atoms with Crippen LogP contribution in [0.1, 0.15) is 99.8 Å². The van der Waals surface area contributed by atoms with Crippen molar-refractivity contribution in [3.05, 3.63) is 22.8 Å². The molecule has 7 nitrogen and oxygen atoms in total. The van der Waals surface area contributed by atoms with Crippen molar-refractivity contribution in [2.45, 2.75) is 118 Å². The molecule has 4 rings (SSSR count). The summed E-state index contributed by atoms with van der Waals surface area (Å²) >= 11 is 0. The molecule has 39 heavy (non-hydrogen) atoms. The summed E-state index contributed by atoms with van der Waals surface area (Å²) in [6.07, 6.45) is 6.38. The Hall–Kier alpha value is -2.15. The third kappa shape index (κ3) is 4.87. The Morgan fingerprint density at radius 1 is 1.13 bits per heavy atom. The number of aliphatic hydroxyl groups is 1. The molecule has 0 aromatic heterocycles. The number of esters is 2. The molecule has 1 saturated heterocycles. The molecule has 9 atom stereocenters. The molecule has 218 valence electrons. The van der Waals surface area contributed by atoms with Crippen LogP contribution in [-0.2, 0) is 23.9 Å². The molecule has 3 aliphatic carbocycles. The molecule has 4 fully saturated rings. The Bertz CT molecular complexity index is 1070. The van der Waals surface area contributed by atoms with E-state index in [1.54, 1.807) is 0 Å². The van der Waals surface area contributed by atoms with Crippen LogP contribution in [0.25, 0.3) is 0 Å². The van der Waals surface area contributed by atoms with Crippen LogP contribution in [0, 0.1) is 34.0 Å². The number of ether oxygens (including phenoxy) is 2. The van der Waals surface area contributed by atoms with Gasteiger partial charge in [0.2, 0.25) is 5.91 Å². The minimum atomic E-state index is -0.593. The number of carbonyl (C=O) groups excluding carboxylic acids is 3. The van der Waals surface area contributed by atoms with E-state index in [1.165, 1.54) is 19.6 Å². The second kappa shape index (κ2) is 10.7. The fourth-order valence-electron chi connectivity index (χ4n) is 9.68. The van der Waals surface area contributed by atoms with Crippen LogP contribution >= 0.6 is 0 Å². The zero-order valence-corrected chi connectivity index (χ0v) is 25.2. The third-order valence-corrected chi connectivity index (χ3v) is 11.4. The number of fused-ring (bicyclic) bond motifs is 5. The van der Waals surface area contributed by atoms with Crippen LogP contribution in [-0.4, -0.2) is 48.3 Å². The Morgan fingerprint density at radius 2 is 1.82 bits per heavy atom. The summed E-state index contributed by atoms with van der Waals surface area (Å²) in [4.78, 5) is 38.1. The van der Waals surface area contributed by atoms with Gasteiger partial charge in [0.05, 0.1) is 13.2 Å². The van der Waals surface area contributed by atoms with Crippen LogP contribution in [0.15, 0.2) is 22.8 Å². The maximum atomic E-state index is 13.2. The van der Waals surface area contributed by atoms with Gasteiger partial charge < -0.3 is 19.9 Å². The summed E-state index contributed by atoms with van der Waals surface area (Å²) in [6, 6.07) is 0.0566. The van der Waals surface area contributed by atoms with Gasteiger partial charge in [-0.25, -0.2) is 4.79 Å². The van der Waals surface area contributed by atoms with Gasteiger partial charge in [0, 0.05) is 25.0 Å². The molecule has 2 N–H and O–H groups in total. The molecule has 0 spiro atoms. The maximum absolute atomic E-state index is 13.2. The molecule has 4 aliphatic rings. The first-order valence-electron chi connectivity index (χ1n) is 14.8. The highest BCUT2D eigenvalue weighted by Gasteiger charge is 2.70. The molecule has 0 radical (unpaired) electrons. The highest BCUT2D eigenvalue weighted by Crippen LogP contribution is 2.73. The highest BCUT2D eigenvalue weighted by atomic mass is 16.5. The molecular formula is C32H49NO6. The predicted molar refractivity (Wildman–Crippen MR) is 149 cm³/mol. The van der Waals surface area contributed by atoms with E-state index < -0.39 is 12.2 Å². The van der Waals surface area contributed by atoms with Crippen molar-refractivity contribution in [1.29, 1.82) is 0 Å². The van der Waals surface area contributed by atoms with Gasteiger partial charge in [-0.3, -0.25) is 9.59 Å². The van der Waals surface area contributed by atoms with Crippen LogP contribution in [0.4, 0.5) is 0 Å². The molecule has 1 amide bonds. The van der Waals surface area contributed by atoms with Crippen LogP contribution in [0.3, 0.4) is 0 Å². The number of hydrogen-bond acceptors (Lipinski definition) is 6. The Kier molecular flexibility index (Phi) is 8.17. The van der Waals surface area contributed by atoms with E-state index in [0.717, 1.165) is 24.8 Å². The van der Waals surface area contributed by atoms with Gasteiger partial charge in [-0.15, -0.1) is 0 Å². The molecule has 0 aromatic rings. The van der Waals surface area contributed by atoms with Crippen molar-refractivity contribution < 1.29 is 29.0 Å². The first-order valence-corrected chi connectivity index (χ1v) is 14.8. The van der Waals surface area contributed by atoms with Crippen LogP contribution in [0.5, 0.6) is 0 Å². The van der Waals surface area contributed by atoms with Gasteiger partial charge >= 0.3 is 11.9 Å². The van der Waals surface area contributed by atoms with E-state index in [4.69, 9.17) is 9.47 Å². The number of allylic oxidation sites excluding steroid dienone is 2. The van der Waals surface area contributed by atoms with Gasteiger partial charge in [-0.05, 0) is 105 Å². The monoisotopic (exact) mass is 543 g/mol. The van der Waals surface area contributed by atoms with E-state index in [2.05, 4.69) is 39.1 Å². The lowest BCUT2D eigenvalue weighted by Gasteiger charge is -2.67. The quantitative estimate of drug-likeness (QED) is 0.279. The number of hydrogen-bond donors (Lipinski definition) is 2. The average Bonchev–Trinajstić information content (AvgIpc) is 3.04. The zero-order valence-electron chi connectivity index (χ0n) is 25.2. The highest BCUT2D eigenvalue weighted by molar-refractivity contribution is 5.90. The maximum Gasteiger partial charge on any atom is 0.333 e. The van der Waals surface area contributed by atoms with Gasteiger partial charge in [0.1, 0.15) is 6.10 Å². The first kappa shape index (κ1) is 29.8.